The van der Waals surface area contributed by atoms with E-state index in [1.165, 1.54) is 56.3 Å². The predicted molar refractivity (Wildman–Crippen MR) is 220 cm³/mol. The third kappa shape index (κ3) is 12.7. The molecule has 0 radical (unpaired) electrons. The summed E-state index contributed by atoms with van der Waals surface area (Å²) in [6.45, 7) is 6.76. The van der Waals surface area contributed by atoms with Crippen molar-refractivity contribution < 1.29 is 33.8 Å². The molecular formula is C44H81N6O6+. The first-order valence-corrected chi connectivity index (χ1v) is 23.2. The summed E-state index contributed by atoms with van der Waals surface area (Å²) in [5.74, 6) is -0.253. The molecule has 12 heteroatoms. The number of hydrogen-bond acceptors (Lipinski definition) is 10. The highest BCUT2D eigenvalue weighted by atomic mass is 16.6. The van der Waals surface area contributed by atoms with E-state index in [1.807, 2.05) is 0 Å². The van der Waals surface area contributed by atoms with E-state index >= 15 is 0 Å². The van der Waals surface area contributed by atoms with Crippen LogP contribution >= 0.6 is 0 Å². The fourth-order valence-corrected chi connectivity index (χ4v) is 10.6. The number of nitrogens with two attached hydrogens (primary N) is 2. The zero-order valence-corrected chi connectivity index (χ0v) is 35.3. The van der Waals surface area contributed by atoms with Crippen molar-refractivity contribution in [2.75, 3.05) is 32.8 Å². The fraction of sp³-hybridized carbons (Fsp3) is 0.909. The Balaban J connectivity index is 0.949. The molecule has 0 bridgehead atoms. The largest absolute Gasteiger partial charge is 0.465 e. The lowest BCUT2D eigenvalue weighted by atomic mass is 9.79. The van der Waals surface area contributed by atoms with Crippen molar-refractivity contribution in [3.05, 3.63) is 12.2 Å². The van der Waals surface area contributed by atoms with Crippen molar-refractivity contribution in [2.45, 2.75) is 216 Å². The van der Waals surface area contributed by atoms with E-state index in [-0.39, 0.29) is 48.1 Å². The smallest absolute Gasteiger partial charge is 0.319 e. The molecule has 4 saturated heterocycles. The van der Waals surface area contributed by atoms with Crippen LogP contribution in [0.5, 0.6) is 0 Å². The number of aliphatic hydroxyl groups is 1. The Morgan fingerprint density at radius 3 is 2.32 bits per heavy atom. The van der Waals surface area contributed by atoms with Crippen LogP contribution in [0.4, 0.5) is 0 Å². The maximum atomic E-state index is 14.1. The Labute approximate surface area is 338 Å². The number of rotatable bonds is 24. The molecule has 12 nitrogen and oxygen atoms in total. The first-order valence-electron chi connectivity index (χ1n) is 23.2. The maximum absolute atomic E-state index is 14.1. The van der Waals surface area contributed by atoms with Gasteiger partial charge in [-0.05, 0) is 84.2 Å². The van der Waals surface area contributed by atoms with Crippen LogP contribution in [0.15, 0.2) is 12.2 Å². The molecule has 5 rings (SSSR count). The van der Waals surface area contributed by atoms with Gasteiger partial charge in [0.2, 0.25) is 12.2 Å². The van der Waals surface area contributed by atoms with Crippen LogP contribution in [0.25, 0.3) is 0 Å². The standard InChI is InChI=1S/C44H80N6O6/c1-3-37-21-15-16-26-43(56-37)32-35-23-24-38-40(44(27-18-20-34(2)55-44)48-42(47-43)50(35)38)41(53)54-31-17-13-11-9-7-5-4-6-8-10-12-14-22-39(52)49(30-19-28-45)33-36(51)25-29-46/h15,21,34-38,40,42,47-48,51H,3-14,16-20,22-33,45-46H2,1-2H3/p+1. The second-order valence-electron chi connectivity index (χ2n) is 17.9. The van der Waals surface area contributed by atoms with Crippen molar-refractivity contribution in [2.24, 2.45) is 17.4 Å². The minimum absolute atomic E-state index is 0.00848. The summed E-state index contributed by atoms with van der Waals surface area (Å²) in [5.41, 5.74) is 10.2. The summed E-state index contributed by atoms with van der Waals surface area (Å²) in [6, 6.07) is 0.627. The molecule has 0 aliphatic carbocycles. The summed E-state index contributed by atoms with van der Waals surface area (Å²) in [5, 5.41) is 18.0. The minimum atomic E-state index is -0.706. The molecule has 10 unspecified atom stereocenters. The second-order valence-corrected chi connectivity index (χ2v) is 17.9. The lowest BCUT2D eigenvalue weighted by Gasteiger charge is -2.58. The number of nitrogens with one attached hydrogen (secondary N) is 3. The number of allylic oxidation sites excluding steroid dienone is 1. The molecule has 5 heterocycles. The van der Waals surface area contributed by atoms with Gasteiger partial charge >= 0.3 is 5.97 Å². The molecule has 0 aromatic heterocycles. The number of hydrogen-bond donors (Lipinski definition) is 6. The maximum Gasteiger partial charge on any atom is 0.319 e. The summed E-state index contributed by atoms with van der Waals surface area (Å²) >= 11 is 0. The first-order chi connectivity index (χ1) is 27.2. The minimum Gasteiger partial charge on any atom is -0.465 e. The highest BCUT2D eigenvalue weighted by molar-refractivity contribution is 5.76. The molecule has 56 heavy (non-hydrogen) atoms. The van der Waals surface area contributed by atoms with Gasteiger partial charge in [0.25, 0.3) is 0 Å². The number of esters is 1. The molecule has 0 saturated carbocycles. The van der Waals surface area contributed by atoms with Crippen LogP contribution in [0.3, 0.4) is 0 Å². The number of carbonyl (C=O) groups is 2. The van der Waals surface area contributed by atoms with E-state index in [2.05, 4.69) is 36.6 Å². The van der Waals surface area contributed by atoms with Gasteiger partial charge < -0.3 is 40.6 Å². The third-order valence-corrected chi connectivity index (χ3v) is 13.5. The molecule has 4 fully saturated rings. The lowest BCUT2D eigenvalue weighted by Crippen LogP contribution is -3.29. The lowest BCUT2D eigenvalue weighted by molar-refractivity contribution is -0.985. The van der Waals surface area contributed by atoms with Gasteiger partial charge in [-0.3, -0.25) is 9.59 Å². The highest BCUT2D eigenvalue weighted by Crippen LogP contribution is 2.42. The Morgan fingerprint density at radius 2 is 1.64 bits per heavy atom. The third-order valence-electron chi connectivity index (χ3n) is 13.5. The van der Waals surface area contributed by atoms with Crippen molar-refractivity contribution in [1.29, 1.82) is 0 Å². The van der Waals surface area contributed by atoms with Gasteiger partial charge in [0.05, 0.1) is 31.0 Å². The van der Waals surface area contributed by atoms with Crippen LogP contribution in [0, 0.1) is 5.92 Å². The Hall–Kier alpha value is -1.64. The zero-order chi connectivity index (χ0) is 39.8. The van der Waals surface area contributed by atoms with E-state index in [0.29, 0.717) is 51.7 Å². The summed E-state index contributed by atoms with van der Waals surface area (Å²) in [7, 11) is 0. The summed E-state index contributed by atoms with van der Waals surface area (Å²) < 4.78 is 19.8. The van der Waals surface area contributed by atoms with Gasteiger partial charge in [0.1, 0.15) is 17.5 Å². The van der Waals surface area contributed by atoms with Crippen molar-refractivity contribution in [3.8, 4) is 0 Å². The van der Waals surface area contributed by atoms with Crippen LogP contribution < -0.4 is 27.0 Å². The fourth-order valence-electron chi connectivity index (χ4n) is 10.6. The Bertz CT molecular complexity index is 1210. The summed E-state index contributed by atoms with van der Waals surface area (Å²) in [6.07, 6.45) is 28.7. The van der Waals surface area contributed by atoms with Gasteiger partial charge in [0.15, 0.2) is 5.92 Å². The number of ether oxygens (including phenoxy) is 3. The van der Waals surface area contributed by atoms with E-state index in [9.17, 15) is 14.7 Å². The van der Waals surface area contributed by atoms with Crippen molar-refractivity contribution in [1.82, 2.24) is 15.5 Å². The normalized spacial score (nSPS) is 33.0. The van der Waals surface area contributed by atoms with Gasteiger partial charge in [0, 0.05) is 38.8 Å². The van der Waals surface area contributed by atoms with E-state index in [1.54, 1.807) is 4.90 Å². The van der Waals surface area contributed by atoms with Crippen LogP contribution in [-0.2, 0) is 23.8 Å². The molecule has 8 N–H and O–H groups in total. The number of aliphatic hydroxyl groups excluding tert-OH is 1. The number of unbranched alkanes of at least 4 members (excludes halogenated alkanes) is 11. The monoisotopic (exact) mass is 790 g/mol. The van der Waals surface area contributed by atoms with Gasteiger partial charge in [-0.1, -0.05) is 83.3 Å². The summed E-state index contributed by atoms with van der Waals surface area (Å²) in [4.78, 5) is 30.0. The number of quaternary nitrogens is 1. The zero-order valence-electron chi connectivity index (χ0n) is 35.3. The molecule has 0 aromatic rings. The second kappa shape index (κ2) is 23.2. The first kappa shape index (κ1) is 45.4. The van der Waals surface area contributed by atoms with Gasteiger partial charge in [-0.2, -0.15) is 0 Å². The van der Waals surface area contributed by atoms with Gasteiger partial charge in [-0.25, -0.2) is 10.6 Å². The SMILES string of the molecule is CCC1C=CCCC2(CC3CCC4C(C(=O)OCCCCCCCCCCCCCCC(=O)N(CCCN)CC(O)CCN)C5(CCCC(C)O5)NC(N2)[NH+]34)O1. The Morgan fingerprint density at radius 1 is 0.929 bits per heavy atom. The molecule has 5 aliphatic rings. The predicted octanol–water partition coefficient (Wildman–Crippen LogP) is 4.53. The average Bonchev–Trinajstić information content (AvgIpc) is 3.48. The quantitative estimate of drug-likeness (QED) is 0.0465. The Kier molecular flexibility index (Phi) is 18.8. The molecular weight excluding hydrogens is 709 g/mol. The van der Waals surface area contributed by atoms with Crippen LogP contribution in [-0.4, -0.2) is 103 Å². The van der Waals surface area contributed by atoms with Crippen molar-refractivity contribution >= 4 is 11.9 Å². The average molecular weight is 790 g/mol. The molecule has 0 aromatic carbocycles. The van der Waals surface area contributed by atoms with Crippen molar-refractivity contribution in [3.63, 3.8) is 0 Å². The highest BCUT2D eigenvalue weighted by Gasteiger charge is 2.66. The molecule has 5 aliphatic heterocycles. The molecule has 2 spiro atoms. The topological polar surface area (TPSA) is 166 Å². The molecule has 10 atom stereocenters. The number of amides is 1. The van der Waals surface area contributed by atoms with Crippen LogP contribution in [0.2, 0.25) is 0 Å². The van der Waals surface area contributed by atoms with Gasteiger partial charge in [-0.15, -0.1) is 0 Å². The van der Waals surface area contributed by atoms with E-state index < -0.39 is 11.8 Å². The van der Waals surface area contributed by atoms with E-state index in [0.717, 1.165) is 89.9 Å². The molecule has 1 amide bonds. The number of carbonyl (C=O) groups excluding carboxylic acids is 2. The number of nitrogens with zero attached hydrogens (tertiary/aromatic N) is 1. The molecule has 322 valence electrons. The van der Waals surface area contributed by atoms with E-state index in [4.69, 9.17) is 25.7 Å². The van der Waals surface area contributed by atoms with Crippen LogP contribution in [0.1, 0.15) is 168 Å².